The van der Waals surface area contributed by atoms with E-state index in [2.05, 4.69) is 42.0 Å². The fourth-order valence-corrected chi connectivity index (χ4v) is 3.64. The molecule has 0 radical (unpaired) electrons. The van der Waals surface area contributed by atoms with Crippen molar-refractivity contribution in [3.8, 4) is 0 Å². The molecular weight excluding hydrogens is 296 g/mol. The summed E-state index contributed by atoms with van der Waals surface area (Å²) in [5.41, 5.74) is 2.46. The van der Waals surface area contributed by atoms with E-state index >= 15 is 0 Å². The Morgan fingerprint density at radius 1 is 0.792 bits per heavy atom. The van der Waals surface area contributed by atoms with Crippen LogP contribution in [0.15, 0.2) is 53.3 Å². The van der Waals surface area contributed by atoms with Gasteiger partial charge in [-0.15, -0.1) is 0 Å². The second kappa shape index (κ2) is 5.91. The molecule has 24 heavy (non-hydrogen) atoms. The third kappa shape index (κ3) is 2.45. The van der Waals surface area contributed by atoms with E-state index in [0.29, 0.717) is 0 Å². The first-order valence-electron chi connectivity index (χ1n) is 8.54. The van der Waals surface area contributed by atoms with Gasteiger partial charge in [0.1, 0.15) is 0 Å². The van der Waals surface area contributed by atoms with E-state index in [1.807, 2.05) is 30.3 Å². The number of piperazine rings is 1. The van der Waals surface area contributed by atoms with Crippen LogP contribution in [0.2, 0.25) is 0 Å². The standard InChI is InChI=1S/C21H22N2O/c1-15-6-5-9-18-19(15)14-20(23-12-10-22(2)11-13-23)16-7-3-4-8-17(16)21(18)24/h3-9,14H,10-13H2,1-2H3. The maximum atomic E-state index is 13.1. The molecule has 0 unspecified atom stereocenters. The van der Waals surface area contributed by atoms with Crippen molar-refractivity contribution in [2.45, 2.75) is 6.92 Å². The fraction of sp³-hybridized carbons (Fsp3) is 0.286. The lowest BCUT2D eigenvalue weighted by Gasteiger charge is -2.34. The highest BCUT2D eigenvalue weighted by Crippen LogP contribution is 2.29. The van der Waals surface area contributed by atoms with Crippen LogP contribution >= 0.6 is 0 Å². The van der Waals surface area contributed by atoms with Crippen LogP contribution in [0, 0.1) is 6.92 Å². The van der Waals surface area contributed by atoms with Crippen molar-refractivity contribution in [2.24, 2.45) is 0 Å². The van der Waals surface area contributed by atoms with Crippen LogP contribution in [-0.4, -0.2) is 38.1 Å². The maximum absolute atomic E-state index is 13.1. The zero-order valence-corrected chi connectivity index (χ0v) is 14.2. The van der Waals surface area contributed by atoms with Crippen LogP contribution < -0.4 is 10.3 Å². The molecule has 122 valence electrons. The second-order valence-electron chi connectivity index (χ2n) is 6.73. The van der Waals surface area contributed by atoms with Gasteiger partial charge in [0.05, 0.1) is 0 Å². The quantitative estimate of drug-likeness (QED) is 0.687. The average molecular weight is 318 g/mol. The van der Waals surface area contributed by atoms with Gasteiger partial charge < -0.3 is 9.80 Å². The van der Waals surface area contributed by atoms with E-state index in [9.17, 15) is 4.79 Å². The molecule has 0 N–H and O–H groups in total. The molecule has 3 heteroatoms. The first-order chi connectivity index (χ1) is 11.6. The van der Waals surface area contributed by atoms with Crippen LogP contribution in [0.4, 0.5) is 5.69 Å². The molecule has 1 fully saturated rings. The molecule has 0 saturated carbocycles. The Kier molecular flexibility index (Phi) is 3.73. The number of benzene rings is 2. The Morgan fingerprint density at radius 3 is 2.17 bits per heavy atom. The van der Waals surface area contributed by atoms with Gasteiger partial charge in [-0.3, -0.25) is 4.79 Å². The lowest BCUT2D eigenvalue weighted by molar-refractivity contribution is 0.313. The minimum Gasteiger partial charge on any atom is -0.368 e. The van der Waals surface area contributed by atoms with Crippen molar-refractivity contribution < 1.29 is 0 Å². The van der Waals surface area contributed by atoms with E-state index in [1.54, 1.807) is 0 Å². The molecule has 3 aromatic rings. The lowest BCUT2D eigenvalue weighted by Crippen LogP contribution is -2.44. The molecule has 0 amide bonds. The number of nitrogens with zero attached hydrogens (tertiary/aromatic N) is 2. The van der Waals surface area contributed by atoms with Gasteiger partial charge in [-0.2, -0.15) is 0 Å². The summed E-state index contributed by atoms with van der Waals surface area (Å²) in [6.45, 7) is 6.17. The van der Waals surface area contributed by atoms with Crippen LogP contribution in [-0.2, 0) is 0 Å². The molecule has 0 atom stereocenters. The van der Waals surface area contributed by atoms with Crippen LogP contribution in [0.5, 0.6) is 0 Å². The Labute approximate surface area is 142 Å². The normalized spacial score (nSPS) is 16.0. The second-order valence-corrected chi connectivity index (χ2v) is 6.73. The monoisotopic (exact) mass is 318 g/mol. The summed E-state index contributed by atoms with van der Waals surface area (Å²) in [4.78, 5) is 17.9. The predicted octanol–water partition coefficient (Wildman–Crippen LogP) is 3.41. The highest BCUT2D eigenvalue weighted by Gasteiger charge is 2.17. The van der Waals surface area contributed by atoms with Crippen LogP contribution in [0.1, 0.15) is 5.56 Å². The van der Waals surface area contributed by atoms with Gasteiger partial charge in [0.2, 0.25) is 0 Å². The van der Waals surface area contributed by atoms with E-state index in [4.69, 9.17) is 0 Å². The Morgan fingerprint density at radius 2 is 1.42 bits per heavy atom. The highest BCUT2D eigenvalue weighted by atomic mass is 16.1. The van der Waals surface area contributed by atoms with Gasteiger partial charge in [-0.25, -0.2) is 0 Å². The van der Waals surface area contributed by atoms with E-state index < -0.39 is 0 Å². The minimum atomic E-state index is 0.129. The van der Waals surface area contributed by atoms with Crippen LogP contribution in [0.3, 0.4) is 0 Å². The maximum Gasteiger partial charge on any atom is 0.194 e. The molecule has 3 aromatic carbocycles. The number of likely N-dealkylation sites (N-methyl/N-ethyl adjacent to an activating group) is 1. The van der Waals surface area contributed by atoms with E-state index in [-0.39, 0.29) is 5.43 Å². The van der Waals surface area contributed by atoms with Gasteiger partial charge in [0.25, 0.3) is 0 Å². The molecule has 1 saturated heterocycles. The summed E-state index contributed by atoms with van der Waals surface area (Å²) in [5, 5.41) is 3.74. The summed E-state index contributed by atoms with van der Waals surface area (Å²) in [5.74, 6) is 0. The number of hydrogen-bond acceptors (Lipinski definition) is 3. The molecule has 0 bridgehead atoms. The fourth-order valence-electron chi connectivity index (χ4n) is 3.64. The molecule has 1 aliphatic heterocycles. The SMILES string of the molecule is Cc1cccc2c(=O)c3ccccc3c(N3CCN(C)CC3)cc12. The third-order valence-corrected chi connectivity index (χ3v) is 5.14. The van der Waals surface area contributed by atoms with Crippen LogP contribution in [0.25, 0.3) is 21.5 Å². The smallest absolute Gasteiger partial charge is 0.194 e. The van der Waals surface area contributed by atoms with E-state index in [0.717, 1.165) is 53.3 Å². The van der Waals surface area contributed by atoms with Gasteiger partial charge in [-0.05, 0) is 31.0 Å². The molecular formula is C21H22N2O. The summed E-state index contributed by atoms with van der Waals surface area (Å²) >= 11 is 0. The predicted molar refractivity (Wildman–Crippen MR) is 102 cm³/mol. The van der Waals surface area contributed by atoms with Crippen molar-refractivity contribution in [1.29, 1.82) is 0 Å². The number of anilines is 1. The van der Waals surface area contributed by atoms with Crippen molar-refractivity contribution in [1.82, 2.24) is 4.90 Å². The van der Waals surface area contributed by atoms with Gasteiger partial charge in [0, 0.05) is 48.0 Å². The molecule has 1 aliphatic rings. The first-order valence-corrected chi connectivity index (χ1v) is 8.54. The lowest BCUT2D eigenvalue weighted by atomic mass is 10.1. The van der Waals surface area contributed by atoms with Crippen molar-refractivity contribution in [3.05, 3.63) is 64.3 Å². The summed E-state index contributed by atoms with van der Waals surface area (Å²) in [7, 11) is 2.16. The zero-order chi connectivity index (χ0) is 16.7. The molecule has 3 nitrogen and oxygen atoms in total. The number of aryl methyl sites for hydroxylation is 1. The average Bonchev–Trinajstić information content (AvgIpc) is 2.73. The largest absolute Gasteiger partial charge is 0.368 e. The minimum absolute atomic E-state index is 0.129. The van der Waals surface area contributed by atoms with Gasteiger partial charge in [-0.1, -0.05) is 42.5 Å². The first kappa shape index (κ1) is 15.2. The Hall–Kier alpha value is -2.39. The summed E-state index contributed by atoms with van der Waals surface area (Å²) in [6, 6.07) is 16.3. The Bertz CT molecular complexity index is 972. The molecule has 4 rings (SSSR count). The van der Waals surface area contributed by atoms with Crippen molar-refractivity contribution in [2.75, 3.05) is 38.1 Å². The highest BCUT2D eigenvalue weighted by molar-refractivity contribution is 6.02. The van der Waals surface area contributed by atoms with Gasteiger partial charge in [0.15, 0.2) is 5.43 Å². The molecule has 0 spiro atoms. The van der Waals surface area contributed by atoms with Gasteiger partial charge >= 0.3 is 0 Å². The van der Waals surface area contributed by atoms with Crippen molar-refractivity contribution >= 4 is 27.2 Å². The van der Waals surface area contributed by atoms with Crippen molar-refractivity contribution in [3.63, 3.8) is 0 Å². The third-order valence-electron chi connectivity index (χ3n) is 5.14. The summed E-state index contributed by atoms with van der Waals surface area (Å²) in [6.07, 6.45) is 0. The molecule has 0 aliphatic carbocycles. The molecule has 1 heterocycles. The topological polar surface area (TPSA) is 23.6 Å². The number of hydrogen-bond donors (Lipinski definition) is 0. The number of fused-ring (bicyclic) bond motifs is 2. The summed E-state index contributed by atoms with van der Waals surface area (Å²) < 4.78 is 0. The Balaban J connectivity index is 2.09. The van der Waals surface area contributed by atoms with E-state index in [1.165, 1.54) is 5.69 Å². The zero-order valence-electron chi connectivity index (χ0n) is 14.2. The molecule has 0 aromatic heterocycles. The number of rotatable bonds is 1.